The van der Waals surface area contributed by atoms with Crippen molar-refractivity contribution in [1.29, 1.82) is 0 Å². The number of benzene rings is 3. The molecule has 0 atom stereocenters. The van der Waals surface area contributed by atoms with Crippen LogP contribution < -0.4 is 10.2 Å². The van der Waals surface area contributed by atoms with E-state index in [0.717, 1.165) is 16.9 Å². The molecular weight excluding hydrogens is 395 g/mol. The van der Waals surface area contributed by atoms with Crippen molar-refractivity contribution >= 4 is 35.3 Å². The Balaban J connectivity index is 1.54. The van der Waals surface area contributed by atoms with E-state index in [2.05, 4.69) is 23.5 Å². The fourth-order valence-corrected chi connectivity index (χ4v) is 2.75. The lowest BCUT2D eigenvalue weighted by Gasteiger charge is -2.08. The van der Waals surface area contributed by atoms with Crippen molar-refractivity contribution in [2.75, 3.05) is 0 Å². The normalized spacial score (nSPS) is 10.8. The highest BCUT2D eigenvalue weighted by molar-refractivity contribution is 6.42. The Labute approximate surface area is 173 Å². The van der Waals surface area contributed by atoms with Gasteiger partial charge in [-0.25, -0.2) is 5.43 Å². The largest absolute Gasteiger partial charge is 0.489 e. The van der Waals surface area contributed by atoms with Crippen molar-refractivity contribution in [2.45, 2.75) is 13.5 Å². The van der Waals surface area contributed by atoms with E-state index in [1.54, 1.807) is 18.3 Å². The van der Waals surface area contributed by atoms with Crippen LogP contribution in [0.5, 0.6) is 5.75 Å². The molecule has 0 spiro atoms. The first kappa shape index (κ1) is 19.9. The van der Waals surface area contributed by atoms with Crippen LogP contribution in [0.25, 0.3) is 0 Å². The highest BCUT2D eigenvalue weighted by Crippen LogP contribution is 2.22. The van der Waals surface area contributed by atoms with Crippen molar-refractivity contribution < 1.29 is 9.53 Å². The highest BCUT2D eigenvalue weighted by atomic mass is 35.5. The van der Waals surface area contributed by atoms with Crippen LogP contribution in [0.3, 0.4) is 0 Å². The van der Waals surface area contributed by atoms with Gasteiger partial charge in [0.2, 0.25) is 0 Å². The first-order valence-corrected chi connectivity index (χ1v) is 9.34. The number of halogens is 2. The van der Waals surface area contributed by atoms with Crippen LogP contribution >= 0.6 is 23.2 Å². The molecule has 0 aliphatic rings. The van der Waals surface area contributed by atoms with Gasteiger partial charge in [-0.1, -0.05) is 47.5 Å². The molecular formula is C22H18Cl2N2O2. The van der Waals surface area contributed by atoms with Crippen LogP contribution in [0.2, 0.25) is 10.0 Å². The van der Waals surface area contributed by atoms with Crippen molar-refractivity contribution in [3.8, 4) is 5.75 Å². The van der Waals surface area contributed by atoms with E-state index in [9.17, 15) is 4.79 Å². The minimum absolute atomic E-state index is 0.319. The number of carbonyl (C=O) groups excluding carboxylic acids is 1. The van der Waals surface area contributed by atoms with Gasteiger partial charge in [-0.2, -0.15) is 5.10 Å². The number of nitrogens with zero attached hydrogens (tertiary/aromatic N) is 1. The van der Waals surface area contributed by atoms with Gasteiger partial charge in [-0.15, -0.1) is 0 Å². The van der Waals surface area contributed by atoms with E-state index in [4.69, 9.17) is 27.9 Å². The zero-order chi connectivity index (χ0) is 19.9. The maximum Gasteiger partial charge on any atom is 0.271 e. The first-order chi connectivity index (χ1) is 13.5. The van der Waals surface area contributed by atoms with E-state index < -0.39 is 0 Å². The number of carbonyl (C=O) groups is 1. The molecule has 0 aromatic heterocycles. The molecule has 0 aliphatic heterocycles. The lowest BCUT2D eigenvalue weighted by Crippen LogP contribution is -2.17. The maximum atomic E-state index is 12.1. The Hall–Kier alpha value is -2.82. The average molecular weight is 413 g/mol. The summed E-state index contributed by atoms with van der Waals surface area (Å²) in [5, 5.41) is 4.68. The SMILES string of the molecule is Cc1ccccc1COc1ccc(/C=N\NC(=O)c2ccc(Cl)c(Cl)c2)cc1. The predicted octanol–water partition coefficient (Wildman–Crippen LogP) is 5.64. The summed E-state index contributed by atoms with van der Waals surface area (Å²) in [6, 6.07) is 20.2. The Bertz CT molecular complexity index is 1000. The third kappa shape index (κ3) is 5.35. The fraction of sp³-hybridized carbons (Fsp3) is 0.0909. The minimum atomic E-state index is -0.368. The molecule has 0 saturated carbocycles. The molecule has 0 aliphatic carbocycles. The molecule has 3 rings (SSSR count). The molecule has 3 aromatic carbocycles. The summed E-state index contributed by atoms with van der Waals surface area (Å²) in [6.45, 7) is 2.57. The van der Waals surface area contributed by atoms with Crippen LogP contribution in [0.15, 0.2) is 71.8 Å². The van der Waals surface area contributed by atoms with Gasteiger partial charge in [0.05, 0.1) is 16.3 Å². The van der Waals surface area contributed by atoms with Crippen LogP contribution in [0.1, 0.15) is 27.0 Å². The Morgan fingerprint density at radius 3 is 2.50 bits per heavy atom. The molecule has 4 nitrogen and oxygen atoms in total. The monoisotopic (exact) mass is 412 g/mol. The second kappa shape index (κ2) is 9.40. The number of ether oxygens (including phenoxy) is 1. The summed E-state index contributed by atoms with van der Waals surface area (Å²) in [7, 11) is 0. The van der Waals surface area contributed by atoms with Crippen molar-refractivity contribution in [2.24, 2.45) is 5.10 Å². The van der Waals surface area contributed by atoms with Gasteiger partial charge < -0.3 is 4.74 Å². The summed E-state index contributed by atoms with van der Waals surface area (Å²) < 4.78 is 5.81. The van der Waals surface area contributed by atoms with E-state index in [0.29, 0.717) is 22.2 Å². The molecule has 0 saturated heterocycles. The molecule has 6 heteroatoms. The van der Waals surface area contributed by atoms with Crippen molar-refractivity contribution in [3.63, 3.8) is 0 Å². The van der Waals surface area contributed by atoms with Gasteiger partial charge in [0.15, 0.2) is 0 Å². The van der Waals surface area contributed by atoms with E-state index in [-0.39, 0.29) is 5.91 Å². The average Bonchev–Trinajstić information content (AvgIpc) is 2.70. The molecule has 142 valence electrons. The van der Waals surface area contributed by atoms with Gasteiger partial charge in [0, 0.05) is 5.56 Å². The van der Waals surface area contributed by atoms with Crippen molar-refractivity contribution in [1.82, 2.24) is 5.43 Å². The number of nitrogens with one attached hydrogen (secondary N) is 1. The molecule has 0 bridgehead atoms. The first-order valence-electron chi connectivity index (χ1n) is 8.59. The summed E-state index contributed by atoms with van der Waals surface area (Å²) in [6.07, 6.45) is 1.56. The maximum absolute atomic E-state index is 12.1. The summed E-state index contributed by atoms with van der Waals surface area (Å²) in [5.41, 5.74) is 6.02. The lowest BCUT2D eigenvalue weighted by molar-refractivity contribution is 0.0955. The topological polar surface area (TPSA) is 50.7 Å². The highest BCUT2D eigenvalue weighted by Gasteiger charge is 2.06. The molecule has 0 fully saturated rings. The number of hydrogen-bond acceptors (Lipinski definition) is 3. The van der Waals surface area contributed by atoms with Gasteiger partial charge in [-0.05, 0) is 66.1 Å². The Morgan fingerprint density at radius 1 is 1.04 bits per heavy atom. The molecule has 28 heavy (non-hydrogen) atoms. The van der Waals surface area contributed by atoms with Gasteiger partial charge in [0.25, 0.3) is 5.91 Å². The third-order valence-corrected chi connectivity index (χ3v) is 4.84. The van der Waals surface area contributed by atoms with E-state index >= 15 is 0 Å². The van der Waals surface area contributed by atoms with Crippen LogP contribution in [-0.4, -0.2) is 12.1 Å². The minimum Gasteiger partial charge on any atom is -0.489 e. The summed E-state index contributed by atoms with van der Waals surface area (Å²) in [5.74, 6) is 0.397. The van der Waals surface area contributed by atoms with Gasteiger partial charge in [0.1, 0.15) is 12.4 Å². The van der Waals surface area contributed by atoms with Crippen LogP contribution in [0, 0.1) is 6.92 Å². The van der Waals surface area contributed by atoms with Crippen molar-refractivity contribution in [3.05, 3.63) is 99.0 Å². The zero-order valence-electron chi connectivity index (χ0n) is 15.2. The Kier molecular flexibility index (Phi) is 6.69. The second-order valence-corrected chi connectivity index (χ2v) is 6.93. The molecule has 1 amide bonds. The van der Waals surface area contributed by atoms with Crippen LogP contribution in [-0.2, 0) is 6.61 Å². The second-order valence-electron chi connectivity index (χ2n) is 6.11. The number of aryl methyl sites for hydroxylation is 1. The molecule has 0 unspecified atom stereocenters. The molecule has 0 radical (unpaired) electrons. The number of amides is 1. The summed E-state index contributed by atoms with van der Waals surface area (Å²) >= 11 is 11.8. The van der Waals surface area contributed by atoms with Gasteiger partial charge in [-0.3, -0.25) is 4.79 Å². The fourth-order valence-electron chi connectivity index (χ4n) is 2.45. The van der Waals surface area contributed by atoms with Gasteiger partial charge >= 0.3 is 0 Å². The van der Waals surface area contributed by atoms with Crippen LogP contribution in [0.4, 0.5) is 0 Å². The smallest absolute Gasteiger partial charge is 0.271 e. The Morgan fingerprint density at radius 2 is 1.79 bits per heavy atom. The number of rotatable bonds is 6. The third-order valence-electron chi connectivity index (χ3n) is 4.10. The predicted molar refractivity (Wildman–Crippen MR) is 113 cm³/mol. The summed E-state index contributed by atoms with van der Waals surface area (Å²) in [4.78, 5) is 12.1. The van der Waals surface area contributed by atoms with E-state index in [1.807, 2.05) is 42.5 Å². The quantitative estimate of drug-likeness (QED) is 0.420. The molecule has 1 N–H and O–H groups in total. The van der Waals surface area contributed by atoms with E-state index in [1.165, 1.54) is 11.6 Å². The zero-order valence-corrected chi connectivity index (χ0v) is 16.7. The molecule has 3 aromatic rings. The number of hydrazone groups is 1. The molecule has 0 heterocycles. The lowest BCUT2D eigenvalue weighted by atomic mass is 10.1. The standard InChI is InChI=1S/C22H18Cl2N2O2/c1-15-4-2-3-5-18(15)14-28-19-9-6-16(7-10-19)13-25-26-22(27)17-8-11-20(23)21(24)12-17/h2-13H,14H2,1H3,(H,26,27)/b25-13-. The number of hydrogen-bond donors (Lipinski definition) is 1.